The number of carbonyl (C=O) groups excluding carboxylic acids is 1. The second kappa shape index (κ2) is 6.84. The van der Waals surface area contributed by atoms with Gasteiger partial charge in [0.05, 0.1) is 23.1 Å². The van der Waals surface area contributed by atoms with Crippen LogP contribution in [-0.2, 0) is 0 Å². The molecule has 2 aromatic heterocycles. The fraction of sp³-hybridized carbons (Fsp3) is 0.263. The Labute approximate surface area is 147 Å². The molecule has 0 aliphatic rings. The van der Waals surface area contributed by atoms with Crippen molar-refractivity contribution in [1.29, 1.82) is 0 Å². The zero-order valence-corrected chi connectivity index (χ0v) is 14.8. The van der Waals surface area contributed by atoms with E-state index < -0.39 is 0 Å². The van der Waals surface area contributed by atoms with E-state index in [2.05, 4.69) is 15.1 Å². The Kier molecular flexibility index (Phi) is 4.61. The first-order chi connectivity index (χ1) is 12.0. The molecule has 1 unspecified atom stereocenters. The third-order valence-corrected chi connectivity index (χ3v) is 4.30. The van der Waals surface area contributed by atoms with E-state index in [4.69, 9.17) is 0 Å². The summed E-state index contributed by atoms with van der Waals surface area (Å²) in [4.78, 5) is 22.6. The molecular weight excluding hydrogens is 314 g/mol. The molecule has 0 fully saturated rings. The molecule has 0 bridgehead atoms. The van der Waals surface area contributed by atoms with Gasteiger partial charge < -0.3 is 4.90 Å². The summed E-state index contributed by atoms with van der Waals surface area (Å²) in [5, 5.41) is 4.47. The molecule has 0 N–H and O–H groups in total. The number of hydrogen-bond acceptors (Lipinski definition) is 4. The Hall–Kier alpha value is -3.02. The van der Waals surface area contributed by atoms with Crippen LogP contribution in [0.5, 0.6) is 0 Å². The number of benzene rings is 1. The predicted octanol–water partition coefficient (Wildman–Crippen LogP) is 3.11. The van der Waals surface area contributed by atoms with Crippen LogP contribution in [0.4, 0.5) is 0 Å². The molecule has 2 heterocycles. The molecular formula is C19H21N5O. The van der Waals surface area contributed by atoms with Crippen molar-refractivity contribution in [1.82, 2.24) is 24.6 Å². The summed E-state index contributed by atoms with van der Waals surface area (Å²) >= 11 is 0. The molecule has 3 aromatic rings. The molecule has 0 spiro atoms. The van der Waals surface area contributed by atoms with E-state index in [-0.39, 0.29) is 11.9 Å². The van der Waals surface area contributed by atoms with Gasteiger partial charge in [-0.25, -0.2) is 14.6 Å². The highest BCUT2D eigenvalue weighted by Crippen LogP contribution is 2.19. The predicted molar refractivity (Wildman–Crippen MR) is 95.6 cm³/mol. The van der Waals surface area contributed by atoms with Crippen molar-refractivity contribution in [3.05, 3.63) is 71.6 Å². The van der Waals surface area contributed by atoms with Crippen LogP contribution in [0.2, 0.25) is 0 Å². The van der Waals surface area contributed by atoms with Crippen LogP contribution >= 0.6 is 0 Å². The van der Waals surface area contributed by atoms with Gasteiger partial charge in [-0.2, -0.15) is 5.10 Å². The topological polar surface area (TPSA) is 63.9 Å². The first kappa shape index (κ1) is 16.8. The Balaban J connectivity index is 1.80. The summed E-state index contributed by atoms with van der Waals surface area (Å²) in [7, 11) is 1.78. The summed E-state index contributed by atoms with van der Waals surface area (Å²) in [6.07, 6.45) is 3.17. The number of carbonyl (C=O) groups is 1. The fourth-order valence-electron chi connectivity index (χ4n) is 2.76. The maximum absolute atomic E-state index is 12.7. The normalized spacial score (nSPS) is 12.0. The van der Waals surface area contributed by atoms with Gasteiger partial charge in [0.25, 0.3) is 5.91 Å². The molecule has 6 nitrogen and oxygen atoms in total. The average Bonchev–Trinajstić information content (AvgIpc) is 2.99. The quantitative estimate of drug-likeness (QED) is 0.735. The number of amides is 1. The first-order valence-corrected chi connectivity index (χ1v) is 8.14. The lowest BCUT2D eigenvalue weighted by atomic mass is 10.1. The summed E-state index contributed by atoms with van der Waals surface area (Å²) < 4.78 is 1.87. The van der Waals surface area contributed by atoms with Gasteiger partial charge in [-0.05, 0) is 57.2 Å². The second-order valence-corrected chi connectivity index (χ2v) is 6.11. The molecule has 1 aromatic carbocycles. The Morgan fingerprint density at radius 3 is 2.44 bits per heavy atom. The number of hydrogen-bond donors (Lipinski definition) is 0. The molecule has 3 rings (SSSR count). The highest BCUT2D eigenvalue weighted by Gasteiger charge is 2.20. The molecule has 128 valence electrons. The molecule has 6 heteroatoms. The SMILES string of the molecule is Cc1cc(C)n(-c2ccc(C(=O)N(C)C(C)c3ccncn3)cc2)n1. The molecule has 0 saturated heterocycles. The van der Waals surface area contributed by atoms with Crippen LogP contribution in [0.3, 0.4) is 0 Å². The molecule has 25 heavy (non-hydrogen) atoms. The van der Waals surface area contributed by atoms with Gasteiger partial charge >= 0.3 is 0 Å². The Bertz CT molecular complexity index is 871. The van der Waals surface area contributed by atoms with Gasteiger partial charge in [-0.3, -0.25) is 4.79 Å². The smallest absolute Gasteiger partial charge is 0.254 e. The summed E-state index contributed by atoms with van der Waals surface area (Å²) in [6.45, 7) is 5.92. The van der Waals surface area contributed by atoms with E-state index in [1.807, 2.05) is 61.9 Å². The molecule has 1 amide bonds. The highest BCUT2D eigenvalue weighted by molar-refractivity contribution is 5.94. The van der Waals surface area contributed by atoms with Crippen molar-refractivity contribution in [2.24, 2.45) is 0 Å². The van der Waals surface area contributed by atoms with Crippen LogP contribution in [0.25, 0.3) is 5.69 Å². The zero-order valence-electron chi connectivity index (χ0n) is 14.8. The van der Waals surface area contributed by atoms with Crippen LogP contribution < -0.4 is 0 Å². The van der Waals surface area contributed by atoms with Crippen LogP contribution in [0.15, 0.2) is 48.9 Å². The molecule has 0 aliphatic heterocycles. The standard InChI is InChI=1S/C19H21N5O/c1-13-11-14(2)24(22-13)17-7-5-16(6-8-17)19(25)23(4)15(3)18-9-10-20-12-21-18/h5-12,15H,1-4H3. The van der Waals surface area contributed by atoms with Gasteiger partial charge in [-0.1, -0.05) is 0 Å². The molecule has 0 aliphatic carbocycles. The minimum atomic E-state index is -0.133. The lowest BCUT2D eigenvalue weighted by Gasteiger charge is -2.24. The number of aryl methyl sites for hydroxylation is 2. The molecule has 1 atom stereocenters. The summed E-state index contributed by atoms with van der Waals surface area (Å²) in [6, 6.07) is 11.2. The third kappa shape index (κ3) is 3.42. The number of aromatic nitrogens is 4. The van der Waals surface area contributed by atoms with Gasteiger partial charge in [0, 0.05) is 24.5 Å². The zero-order chi connectivity index (χ0) is 18.0. The highest BCUT2D eigenvalue weighted by atomic mass is 16.2. The lowest BCUT2D eigenvalue weighted by molar-refractivity contribution is 0.0739. The monoisotopic (exact) mass is 335 g/mol. The van der Waals surface area contributed by atoms with Crippen molar-refractivity contribution >= 4 is 5.91 Å². The van der Waals surface area contributed by atoms with Gasteiger partial charge in [0.15, 0.2) is 0 Å². The van der Waals surface area contributed by atoms with E-state index in [1.165, 1.54) is 6.33 Å². The largest absolute Gasteiger partial charge is 0.333 e. The lowest BCUT2D eigenvalue weighted by Crippen LogP contribution is -2.30. The maximum Gasteiger partial charge on any atom is 0.254 e. The van der Waals surface area contributed by atoms with Crippen LogP contribution in [-0.4, -0.2) is 37.6 Å². The van der Waals surface area contributed by atoms with E-state index in [9.17, 15) is 4.79 Å². The fourth-order valence-corrected chi connectivity index (χ4v) is 2.76. The molecule has 0 radical (unpaired) electrons. The first-order valence-electron chi connectivity index (χ1n) is 8.14. The number of nitrogens with zero attached hydrogens (tertiary/aromatic N) is 5. The van der Waals surface area contributed by atoms with Gasteiger partial charge in [-0.15, -0.1) is 0 Å². The maximum atomic E-state index is 12.7. The van der Waals surface area contributed by atoms with Gasteiger partial charge in [0.2, 0.25) is 0 Å². The van der Waals surface area contributed by atoms with E-state index in [0.29, 0.717) is 5.56 Å². The van der Waals surface area contributed by atoms with Crippen molar-refractivity contribution in [2.75, 3.05) is 7.05 Å². The molecule has 0 saturated carbocycles. The summed E-state index contributed by atoms with van der Waals surface area (Å²) in [5.74, 6) is -0.0500. The average molecular weight is 335 g/mol. The second-order valence-electron chi connectivity index (χ2n) is 6.11. The van der Waals surface area contributed by atoms with Crippen LogP contribution in [0, 0.1) is 13.8 Å². The Morgan fingerprint density at radius 2 is 1.88 bits per heavy atom. The van der Waals surface area contributed by atoms with Crippen molar-refractivity contribution in [2.45, 2.75) is 26.8 Å². The summed E-state index contributed by atoms with van der Waals surface area (Å²) in [5.41, 5.74) is 4.41. The minimum absolute atomic E-state index is 0.0500. The third-order valence-electron chi connectivity index (χ3n) is 4.30. The van der Waals surface area contributed by atoms with Crippen LogP contribution in [0.1, 0.15) is 40.4 Å². The van der Waals surface area contributed by atoms with Crippen molar-refractivity contribution in [3.8, 4) is 5.69 Å². The number of rotatable bonds is 4. The van der Waals surface area contributed by atoms with E-state index in [1.54, 1.807) is 18.1 Å². The van der Waals surface area contributed by atoms with Crippen molar-refractivity contribution < 1.29 is 4.79 Å². The Morgan fingerprint density at radius 1 is 1.16 bits per heavy atom. The van der Waals surface area contributed by atoms with E-state index >= 15 is 0 Å². The van der Waals surface area contributed by atoms with Crippen molar-refractivity contribution in [3.63, 3.8) is 0 Å². The minimum Gasteiger partial charge on any atom is -0.333 e. The van der Waals surface area contributed by atoms with Gasteiger partial charge in [0.1, 0.15) is 6.33 Å². The van der Waals surface area contributed by atoms with E-state index in [0.717, 1.165) is 22.8 Å².